The minimum atomic E-state index is -0.583. The van der Waals surface area contributed by atoms with E-state index in [2.05, 4.69) is 26.8 Å². The van der Waals surface area contributed by atoms with Crippen molar-refractivity contribution in [2.45, 2.75) is 38.7 Å². The number of rotatable bonds is 9. The predicted octanol–water partition coefficient (Wildman–Crippen LogP) is 7.43. The van der Waals surface area contributed by atoms with Crippen LogP contribution in [0, 0.1) is 11.3 Å². The number of hydrogen-bond acceptors (Lipinski definition) is 8. The number of nitrogens with two attached hydrogens (primary N) is 1. The molecule has 0 fully saturated rings. The second kappa shape index (κ2) is 13.2. The Kier molecular flexibility index (Phi) is 9.21. The zero-order valence-corrected chi connectivity index (χ0v) is 26.2. The van der Waals surface area contributed by atoms with Crippen LogP contribution in [0.15, 0.2) is 96.4 Å². The summed E-state index contributed by atoms with van der Waals surface area (Å²) >= 11 is 6.28. The zero-order valence-electron chi connectivity index (χ0n) is 25.4. The van der Waals surface area contributed by atoms with Crippen molar-refractivity contribution in [3.63, 3.8) is 0 Å². The lowest BCUT2D eigenvalue weighted by Gasteiger charge is -2.27. The predicted molar refractivity (Wildman–Crippen MR) is 171 cm³/mol. The lowest BCUT2D eigenvalue weighted by Crippen LogP contribution is -2.22. The van der Waals surface area contributed by atoms with Crippen LogP contribution in [0.2, 0.25) is 5.02 Å². The van der Waals surface area contributed by atoms with Crippen LogP contribution in [0.3, 0.4) is 0 Å². The van der Waals surface area contributed by atoms with Gasteiger partial charge in [-0.3, -0.25) is 0 Å². The molecule has 0 spiro atoms. The molecule has 0 saturated carbocycles. The SMILES string of the molecule is COc1cc(C2C(C#N)=C(N)Oc3cc(OC(=O)COc4ccc(C(C)(C)C)cc4)ccc32)ccc1OCc1ccccc1Cl. The van der Waals surface area contributed by atoms with Crippen LogP contribution < -0.4 is 29.4 Å². The van der Waals surface area contributed by atoms with Gasteiger partial charge in [0, 0.05) is 22.2 Å². The topological polar surface area (TPSA) is 113 Å². The Morgan fingerprint density at radius 1 is 0.956 bits per heavy atom. The standard InChI is InChI=1S/C36H33ClN2O6/c1-36(2,3)24-10-12-25(13-11-24)42-21-33(40)44-26-14-15-27-31(18-26)45-35(39)28(19-38)34(27)22-9-16-30(32(17-22)41-4)43-20-23-7-5-6-8-29(23)37/h5-18,34H,20-21,39H2,1-4H3. The first-order chi connectivity index (χ1) is 21.6. The third-order valence-electron chi connectivity index (χ3n) is 7.36. The lowest BCUT2D eigenvalue weighted by molar-refractivity contribution is -0.136. The molecular formula is C36H33ClN2O6. The summed E-state index contributed by atoms with van der Waals surface area (Å²) in [4.78, 5) is 12.6. The average molecular weight is 625 g/mol. The molecule has 8 nitrogen and oxygen atoms in total. The van der Waals surface area contributed by atoms with Crippen molar-refractivity contribution in [3.8, 4) is 34.8 Å². The molecule has 2 N–H and O–H groups in total. The molecule has 4 aromatic rings. The number of allylic oxidation sites excluding steroid dienone is 1. The van der Waals surface area contributed by atoms with E-state index in [9.17, 15) is 10.1 Å². The monoisotopic (exact) mass is 624 g/mol. The molecule has 0 amide bonds. The molecule has 5 rings (SSSR count). The Balaban J connectivity index is 1.32. The van der Waals surface area contributed by atoms with Crippen LogP contribution in [0.1, 0.15) is 48.9 Å². The maximum atomic E-state index is 12.6. The van der Waals surface area contributed by atoms with Crippen molar-refractivity contribution in [2.75, 3.05) is 13.7 Å². The van der Waals surface area contributed by atoms with Crippen molar-refractivity contribution in [2.24, 2.45) is 5.73 Å². The molecule has 1 atom stereocenters. The van der Waals surface area contributed by atoms with Crippen molar-refractivity contribution in [1.29, 1.82) is 5.26 Å². The smallest absolute Gasteiger partial charge is 0.349 e. The van der Waals surface area contributed by atoms with Gasteiger partial charge in [0.25, 0.3) is 0 Å². The molecule has 0 saturated heterocycles. The highest BCUT2D eigenvalue weighted by Gasteiger charge is 2.32. The molecular weight excluding hydrogens is 592 g/mol. The van der Waals surface area contributed by atoms with Crippen molar-refractivity contribution >= 4 is 17.6 Å². The lowest BCUT2D eigenvalue weighted by atomic mass is 9.83. The van der Waals surface area contributed by atoms with E-state index in [1.165, 1.54) is 0 Å². The Labute approximate surface area is 267 Å². The van der Waals surface area contributed by atoms with Crippen molar-refractivity contribution in [1.82, 2.24) is 0 Å². The second-order valence-electron chi connectivity index (χ2n) is 11.5. The number of hydrogen-bond donors (Lipinski definition) is 1. The highest BCUT2D eigenvalue weighted by Crippen LogP contribution is 2.45. The third-order valence-corrected chi connectivity index (χ3v) is 7.73. The maximum Gasteiger partial charge on any atom is 0.349 e. The number of ether oxygens (including phenoxy) is 5. The summed E-state index contributed by atoms with van der Waals surface area (Å²) in [6.45, 7) is 6.36. The zero-order chi connectivity index (χ0) is 32.1. The highest BCUT2D eigenvalue weighted by atomic mass is 35.5. The van der Waals surface area contributed by atoms with Gasteiger partial charge < -0.3 is 29.4 Å². The summed E-state index contributed by atoms with van der Waals surface area (Å²) in [5, 5.41) is 10.6. The Morgan fingerprint density at radius 2 is 1.69 bits per heavy atom. The molecule has 0 aliphatic carbocycles. The van der Waals surface area contributed by atoms with Gasteiger partial charge in [0.1, 0.15) is 35.5 Å². The number of benzene rings is 4. The van der Waals surface area contributed by atoms with Gasteiger partial charge in [-0.15, -0.1) is 0 Å². The van der Waals surface area contributed by atoms with Crippen LogP contribution in [0.25, 0.3) is 0 Å². The molecule has 9 heteroatoms. The maximum absolute atomic E-state index is 12.6. The molecule has 1 unspecified atom stereocenters. The van der Waals surface area contributed by atoms with Crippen LogP contribution >= 0.6 is 11.6 Å². The number of nitrogens with zero attached hydrogens (tertiary/aromatic N) is 1. The minimum absolute atomic E-state index is 0.0132. The number of nitriles is 1. The molecule has 1 heterocycles. The average Bonchev–Trinajstić information content (AvgIpc) is 3.02. The molecule has 45 heavy (non-hydrogen) atoms. The van der Waals surface area contributed by atoms with E-state index >= 15 is 0 Å². The number of fused-ring (bicyclic) bond motifs is 1. The first-order valence-electron chi connectivity index (χ1n) is 14.3. The van der Waals surface area contributed by atoms with E-state index in [-0.39, 0.29) is 35.8 Å². The van der Waals surface area contributed by atoms with Gasteiger partial charge in [-0.05, 0) is 52.9 Å². The molecule has 4 aromatic carbocycles. The fourth-order valence-corrected chi connectivity index (χ4v) is 5.14. The van der Waals surface area contributed by atoms with E-state index in [0.29, 0.717) is 33.6 Å². The summed E-state index contributed by atoms with van der Waals surface area (Å²) < 4.78 is 28.6. The van der Waals surface area contributed by atoms with Crippen molar-refractivity contribution < 1.29 is 28.5 Å². The summed E-state index contributed by atoms with van der Waals surface area (Å²) in [5.41, 5.74) is 9.85. The number of halogens is 1. The quantitative estimate of drug-likeness (QED) is 0.151. The normalized spacial score (nSPS) is 14.1. The summed E-state index contributed by atoms with van der Waals surface area (Å²) in [6, 6.07) is 27.6. The second-order valence-corrected chi connectivity index (χ2v) is 11.9. The number of carbonyl (C=O) groups excluding carboxylic acids is 1. The van der Waals surface area contributed by atoms with Gasteiger partial charge in [0.2, 0.25) is 5.88 Å². The van der Waals surface area contributed by atoms with Gasteiger partial charge in [-0.25, -0.2) is 4.79 Å². The van der Waals surface area contributed by atoms with E-state index in [0.717, 1.165) is 16.7 Å². The summed E-state index contributed by atoms with van der Waals surface area (Å²) in [6.07, 6.45) is 0. The van der Waals surface area contributed by atoms with Crippen LogP contribution in [0.5, 0.6) is 28.7 Å². The fourth-order valence-electron chi connectivity index (χ4n) is 4.95. The molecule has 1 aliphatic heterocycles. The van der Waals surface area contributed by atoms with Crippen molar-refractivity contribution in [3.05, 3.63) is 124 Å². The molecule has 0 radical (unpaired) electrons. The first-order valence-corrected chi connectivity index (χ1v) is 14.6. The van der Waals surface area contributed by atoms with Gasteiger partial charge in [0.05, 0.1) is 13.0 Å². The highest BCUT2D eigenvalue weighted by molar-refractivity contribution is 6.31. The third kappa shape index (κ3) is 7.17. The number of carbonyl (C=O) groups is 1. The molecule has 0 bridgehead atoms. The van der Waals surface area contributed by atoms with Crippen LogP contribution in [-0.4, -0.2) is 19.7 Å². The molecule has 230 valence electrons. The van der Waals surface area contributed by atoms with E-state index in [1.807, 2.05) is 48.5 Å². The molecule has 1 aliphatic rings. The fraction of sp³-hybridized carbons (Fsp3) is 0.222. The Morgan fingerprint density at radius 3 is 2.38 bits per heavy atom. The van der Waals surface area contributed by atoms with Gasteiger partial charge >= 0.3 is 5.97 Å². The van der Waals surface area contributed by atoms with Gasteiger partial charge in [-0.2, -0.15) is 5.26 Å². The Bertz CT molecular complexity index is 1790. The van der Waals surface area contributed by atoms with Crippen LogP contribution in [-0.2, 0) is 16.8 Å². The van der Waals surface area contributed by atoms with E-state index < -0.39 is 11.9 Å². The first kappa shape index (κ1) is 31.3. The van der Waals surface area contributed by atoms with Gasteiger partial charge in [-0.1, -0.05) is 74.8 Å². The number of methoxy groups -OCH3 is 1. The minimum Gasteiger partial charge on any atom is -0.493 e. The van der Waals surface area contributed by atoms with E-state index in [1.54, 1.807) is 43.5 Å². The van der Waals surface area contributed by atoms with E-state index in [4.69, 9.17) is 41.0 Å². The summed E-state index contributed by atoms with van der Waals surface area (Å²) in [5.74, 6) is 0.972. The largest absolute Gasteiger partial charge is 0.493 e. The summed E-state index contributed by atoms with van der Waals surface area (Å²) in [7, 11) is 1.54. The molecule has 0 aromatic heterocycles. The van der Waals surface area contributed by atoms with Crippen LogP contribution in [0.4, 0.5) is 0 Å². The number of esters is 1. The van der Waals surface area contributed by atoms with Gasteiger partial charge in [0.15, 0.2) is 18.1 Å². The Hall–Kier alpha value is -5.13.